The highest BCUT2D eigenvalue weighted by atomic mass is 32.2. The number of amides is 1. The topological polar surface area (TPSA) is 80.9 Å². The summed E-state index contributed by atoms with van der Waals surface area (Å²) in [6.45, 7) is 0. The number of rotatable bonds is 4. The van der Waals surface area contributed by atoms with Crippen LogP contribution in [0.5, 0.6) is 0 Å². The highest BCUT2D eigenvalue weighted by Gasteiger charge is 2.20. The van der Waals surface area contributed by atoms with Gasteiger partial charge in [0, 0.05) is 10.6 Å². The molecule has 5 nitrogen and oxygen atoms in total. The molecule has 5 rings (SSSR count). The number of aryl methyl sites for hydroxylation is 2. The van der Waals surface area contributed by atoms with Crippen molar-refractivity contribution in [2.75, 3.05) is 16.8 Å². The summed E-state index contributed by atoms with van der Waals surface area (Å²) in [7, 11) is 0. The Hall–Kier alpha value is -2.64. The molecular weight excluding hydrogens is 400 g/mol. The van der Waals surface area contributed by atoms with E-state index < -0.39 is 0 Å². The van der Waals surface area contributed by atoms with Crippen molar-refractivity contribution >= 4 is 61.5 Å². The second-order valence-electron chi connectivity index (χ2n) is 7.18. The second kappa shape index (κ2) is 7.65. The number of nitrogens with one attached hydrogen (secondary N) is 1. The van der Waals surface area contributed by atoms with Crippen molar-refractivity contribution in [3.05, 3.63) is 52.9 Å². The molecule has 0 spiro atoms. The normalized spacial score (nSPS) is 13.5. The number of nitrogens with zero attached hydrogens (tertiary/aromatic N) is 2. The van der Waals surface area contributed by atoms with Gasteiger partial charge in [0.2, 0.25) is 5.91 Å². The van der Waals surface area contributed by atoms with Crippen LogP contribution in [0.15, 0.2) is 47.6 Å². The minimum atomic E-state index is -0.0852. The molecule has 2 heterocycles. The van der Waals surface area contributed by atoms with Gasteiger partial charge < -0.3 is 11.1 Å². The molecule has 0 fully saturated rings. The van der Waals surface area contributed by atoms with Crippen molar-refractivity contribution < 1.29 is 4.79 Å². The van der Waals surface area contributed by atoms with Crippen molar-refractivity contribution in [2.24, 2.45) is 0 Å². The number of carbonyl (C=O) groups excluding carboxylic acids is 1. The monoisotopic (exact) mass is 420 g/mol. The van der Waals surface area contributed by atoms with Gasteiger partial charge in [-0.2, -0.15) is 0 Å². The third kappa shape index (κ3) is 3.68. The van der Waals surface area contributed by atoms with Crippen LogP contribution in [-0.4, -0.2) is 21.6 Å². The predicted octanol–water partition coefficient (Wildman–Crippen LogP) is 5.04. The number of fused-ring (bicyclic) bond motifs is 4. The van der Waals surface area contributed by atoms with Gasteiger partial charge in [0.15, 0.2) is 5.16 Å². The Morgan fingerprint density at radius 1 is 1.10 bits per heavy atom. The summed E-state index contributed by atoms with van der Waals surface area (Å²) in [5.74, 6) is 0.688. The number of thioether (sulfide) groups is 1. The smallest absolute Gasteiger partial charge is 0.234 e. The molecule has 0 atom stereocenters. The Morgan fingerprint density at radius 3 is 2.83 bits per heavy atom. The molecule has 0 radical (unpaired) electrons. The maximum absolute atomic E-state index is 12.4. The first kappa shape index (κ1) is 18.4. The molecule has 1 aliphatic rings. The number of hydrogen-bond acceptors (Lipinski definition) is 6. The molecule has 146 valence electrons. The summed E-state index contributed by atoms with van der Waals surface area (Å²) in [6.07, 6.45) is 4.59. The second-order valence-corrected chi connectivity index (χ2v) is 9.21. The quantitative estimate of drug-likeness (QED) is 0.357. The minimum absolute atomic E-state index is 0.0852. The number of thiophene rings is 1. The molecule has 3 N–H and O–H groups in total. The number of benzene rings is 2. The fourth-order valence-corrected chi connectivity index (χ4v) is 5.80. The predicted molar refractivity (Wildman–Crippen MR) is 122 cm³/mol. The lowest BCUT2D eigenvalue weighted by molar-refractivity contribution is -0.113. The van der Waals surface area contributed by atoms with Gasteiger partial charge in [-0.3, -0.25) is 4.79 Å². The standard InChI is InChI=1S/C22H20N4OS2/c23-20-19-16-7-3-4-8-17(16)29-21(19)26-22(25-20)28-12-18(27)24-15-10-9-13-5-1-2-6-14(13)11-15/h1-2,5-6,9-11H,3-4,7-8,12H2,(H,24,27)(H2,23,25,26). The van der Waals surface area contributed by atoms with Crippen molar-refractivity contribution in [2.45, 2.75) is 30.8 Å². The summed E-state index contributed by atoms with van der Waals surface area (Å²) in [5.41, 5.74) is 8.37. The van der Waals surface area contributed by atoms with Crippen molar-refractivity contribution in [1.29, 1.82) is 0 Å². The zero-order chi connectivity index (χ0) is 19.8. The molecule has 0 saturated heterocycles. The fourth-order valence-electron chi connectivity index (χ4n) is 3.82. The molecule has 0 aliphatic heterocycles. The van der Waals surface area contributed by atoms with E-state index in [1.807, 2.05) is 36.4 Å². The first-order chi connectivity index (χ1) is 14.2. The van der Waals surface area contributed by atoms with Gasteiger partial charge in [-0.1, -0.05) is 42.1 Å². The Bertz CT molecular complexity index is 1230. The molecule has 1 amide bonds. The van der Waals surface area contributed by atoms with Crippen LogP contribution in [0.2, 0.25) is 0 Å². The van der Waals surface area contributed by atoms with E-state index in [-0.39, 0.29) is 11.7 Å². The number of hydrogen-bond donors (Lipinski definition) is 2. The first-order valence-electron chi connectivity index (χ1n) is 9.66. The average molecular weight is 421 g/mol. The SMILES string of the molecule is Nc1nc(SCC(=O)Nc2ccc3ccccc3c2)nc2sc3c(c12)CCCC3. The molecule has 0 bridgehead atoms. The van der Waals surface area contributed by atoms with E-state index in [1.54, 1.807) is 11.3 Å². The molecular formula is C22H20N4OS2. The first-order valence-corrected chi connectivity index (χ1v) is 11.5. The number of aromatic nitrogens is 2. The van der Waals surface area contributed by atoms with Crippen molar-refractivity contribution in [1.82, 2.24) is 9.97 Å². The summed E-state index contributed by atoms with van der Waals surface area (Å²) in [5, 5.41) is 6.78. The van der Waals surface area contributed by atoms with Gasteiger partial charge in [-0.05, 0) is 54.2 Å². The molecule has 1 aliphatic carbocycles. The van der Waals surface area contributed by atoms with Gasteiger partial charge in [0.1, 0.15) is 10.6 Å². The maximum atomic E-state index is 12.4. The van der Waals surface area contributed by atoms with Crippen LogP contribution in [0.1, 0.15) is 23.3 Å². The van der Waals surface area contributed by atoms with E-state index in [0.29, 0.717) is 11.0 Å². The van der Waals surface area contributed by atoms with E-state index in [0.717, 1.165) is 39.5 Å². The van der Waals surface area contributed by atoms with Crippen LogP contribution >= 0.6 is 23.1 Å². The molecule has 29 heavy (non-hydrogen) atoms. The van der Waals surface area contributed by atoms with E-state index in [2.05, 4.69) is 21.4 Å². The van der Waals surface area contributed by atoms with Crippen LogP contribution < -0.4 is 11.1 Å². The summed E-state index contributed by atoms with van der Waals surface area (Å²) < 4.78 is 0. The lowest BCUT2D eigenvalue weighted by atomic mass is 9.97. The zero-order valence-corrected chi connectivity index (χ0v) is 17.4. The van der Waals surface area contributed by atoms with Gasteiger partial charge >= 0.3 is 0 Å². The third-order valence-corrected chi connectivity index (χ3v) is 7.22. The van der Waals surface area contributed by atoms with Gasteiger partial charge in [0.25, 0.3) is 0 Å². The number of anilines is 2. The van der Waals surface area contributed by atoms with Crippen LogP contribution in [-0.2, 0) is 17.6 Å². The molecule has 2 aromatic heterocycles. The maximum Gasteiger partial charge on any atom is 0.234 e. The van der Waals surface area contributed by atoms with Crippen LogP contribution in [0.3, 0.4) is 0 Å². The molecule has 4 aromatic rings. The summed E-state index contributed by atoms with van der Waals surface area (Å²) in [6, 6.07) is 14.0. The molecule has 0 saturated carbocycles. The fraction of sp³-hybridized carbons (Fsp3) is 0.227. The average Bonchev–Trinajstić information content (AvgIpc) is 3.11. The van der Waals surface area contributed by atoms with Crippen LogP contribution in [0.25, 0.3) is 21.0 Å². The van der Waals surface area contributed by atoms with Gasteiger partial charge in [0.05, 0.1) is 11.1 Å². The lowest BCUT2D eigenvalue weighted by Crippen LogP contribution is -2.14. The number of carbonyl (C=O) groups is 1. The molecule has 2 aromatic carbocycles. The number of nitrogens with two attached hydrogens (primary N) is 1. The van der Waals surface area contributed by atoms with Crippen LogP contribution in [0, 0.1) is 0 Å². The number of nitrogen functional groups attached to an aromatic ring is 1. The minimum Gasteiger partial charge on any atom is -0.383 e. The van der Waals surface area contributed by atoms with E-state index in [4.69, 9.17) is 5.73 Å². The Balaban J connectivity index is 1.30. The van der Waals surface area contributed by atoms with Gasteiger partial charge in [-0.15, -0.1) is 11.3 Å². The highest BCUT2D eigenvalue weighted by molar-refractivity contribution is 7.99. The Kier molecular flexibility index (Phi) is 4.85. The summed E-state index contributed by atoms with van der Waals surface area (Å²) >= 11 is 3.04. The molecule has 7 heteroatoms. The van der Waals surface area contributed by atoms with E-state index >= 15 is 0 Å². The Labute approximate surface area is 176 Å². The lowest BCUT2D eigenvalue weighted by Gasteiger charge is -2.10. The van der Waals surface area contributed by atoms with Crippen molar-refractivity contribution in [3.63, 3.8) is 0 Å². The van der Waals surface area contributed by atoms with Crippen molar-refractivity contribution in [3.8, 4) is 0 Å². The molecule has 0 unspecified atom stereocenters. The van der Waals surface area contributed by atoms with E-state index in [1.165, 1.54) is 35.0 Å². The largest absolute Gasteiger partial charge is 0.383 e. The Morgan fingerprint density at radius 2 is 1.93 bits per heavy atom. The zero-order valence-electron chi connectivity index (χ0n) is 15.8. The van der Waals surface area contributed by atoms with Gasteiger partial charge in [-0.25, -0.2) is 9.97 Å². The van der Waals surface area contributed by atoms with Crippen LogP contribution in [0.4, 0.5) is 11.5 Å². The third-order valence-electron chi connectivity index (χ3n) is 5.19. The van der Waals surface area contributed by atoms with E-state index in [9.17, 15) is 4.79 Å². The highest BCUT2D eigenvalue weighted by Crippen LogP contribution is 2.38. The summed E-state index contributed by atoms with van der Waals surface area (Å²) in [4.78, 5) is 23.9.